The van der Waals surface area contributed by atoms with Crippen LogP contribution in [0.4, 0.5) is 17.1 Å². The highest BCUT2D eigenvalue weighted by molar-refractivity contribution is 6.17. The van der Waals surface area contributed by atoms with E-state index in [9.17, 15) is 0 Å². The van der Waals surface area contributed by atoms with E-state index in [0.29, 0.717) is 0 Å². The molecule has 10 aromatic carbocycles. The predicted molar refractivity (Wildman–Crippen MR) is 266 cm³/mol. The second-order valence-corrected chi connectivity index (χ2v) is 16.2. The third-order valence-electron chi connectivity index (χ3n) is 12.5. The molecule has 0 aliphatic rings. The molecule has 3 heteroatoms. The van der Waals surface area contributed by atoms with Crippen LogP contribution in [-0.2, 0) is 0 Å². The highest BCUT2D eigenvalue weighted by Gasteiger charge is 2.22. The molecule has 2 heterocycles. The number of rotatable bonds is 8. The number of anilines is 3. The van der Waals surface area contributed by atoms with Crippen LogP contribution in [0.5, 0.6) is 0 Å². The molecule has 0 fully saturated rings. The van der Waals surface area contributed by atoms with E-state index >= 15 is 0 Å². The molecule has 296 valence electrons. The van der Waals surface area contributed by atoms with Crippen LogP contribution >= 0.6 is 0 Å². The molecule has 0 saturated carbocycles. The maximum Gasteiger partial charge on any atom is 0.0562 e. The van der Waals surface area contributed by atoms with Gasteiger partial charge < -0.3 is 14.0 Å². The van der Waals surface area contributed by atoms with Crippen molar-refractivity contribution in [3.8, 4) is 44.8 Å². The van der Waals surface area contributed by atoms with Crippen LogP contribution < -0.4 is 4.90 Å². The lowest BCUT2D eigenvalue weighted by atomic mass is 9.99. The number of nitrogens with zero attached hydrogens (tertiary/aromatic N) is 3. The Morgan fingerprint density at radius 1 is 0.254 bits per heavy atom. The Kier molecular flexibility index (Phi) is 8.83. The van der Waals surface area contributed by atoms with Gasteiger partial charge in [-0.3, -0.25) is 0 Å². The van der Waals surface area contributed by atoms with E-state index in [0.717, 1.165) is 39.5 Å². The summed E-state index contributed by atoms with van der Waals surface area (Å²) < 4.78 is 4.84. The van der Waals surface area contributed by atoms with Gasteiger partial charge in [-0.1, -0.05) is 170 Å². The molecule has 63 heavy (non-hydrogen) atoms. The molecule has 12 rings (SSSR count). The van der Waals surface area contributed by atoms with Gasteiger partial charge in [-0.15, -0.1) is 0 Å². The van der Waals surface area contributed by atoms with Crippen molar-refractivity contribution in [3.63, 3.8) is 0 Å². The monoisotopic (exact) mass is 803 g/mol. The van der Waals surface area contributed by atoms with Crippen molar-refractivity contribution in [2.45, 2.75) is 0 Å². The van der Waals surface area contributed by atoms with Gasteiger partial charge in [0, 0.05) is 50.0 Å². The summed E-state index contributed by atoms with van der Waals surface area (Å²) in [5, 5.41) is 4.87. The molecule has 0 bridgehead atoms. The fourth-order valence-electron chi connectivity index (χ4n) is 9.60. The lowest BCUT2D eigenvalue weighted by Gasteiger charge is -2.26. The lowest BCUT2D eigenvalue weighted by molar-refractivity contribution is 1.17. The van der Waals surface area contributed by atoms with E-state index < -0.39 is 0 Å². The fourth-order valence-corrected chi connectivity index (χ4v) is 9.60. The highest BCUT2D eigenvalue weighted by atomic mass is 15.1. The summed E-state index contributed by atoms with van der Waals surface area (Å²) in [7, 11) is 0. The zero-order chi connectivity index (χ0) is 41.7. The second kappa shape index (κ2) is 15.3. The molecular weight excluding hydrogens is 763 g/mol. The minimum Gasteiger partial charge on any atom is -0.310 e. The van der Waals surface area contributed by atoms with Gasteiger partial charge in [0.15, 0.2) is 0 Å². The Balaban J connectivity index is 1.10. The van der Waals surface area contributed by atoms with E-state index in [1.165, 1.54) is 66.0 Å². The molecule has 2 aromatic heterocycles. The summed E-state index contributed by atoms with van der Waals surface area (Å²) in [6, 6.07) is 90.1. The van der Waals surface area contributed by atoms with Gasteiger partial charge in [0.1, 0.15) is 0 Å². The molecule has 0 unspecified atom stereocenters. The summed E-state index contributed by atoms with van der Waals surface area (Å²) in [6.45, 7) is 0. The van der Waals surface area contributed by atoms with E-state index in [-0.39, 0.29) is 0 Å². The van der Waals surface area contributed by atoms with Gasteiger partial charge in [0.25, 0.3) is 0 Å². The van der Waals surface area contributed by atoms with Crippen LogP contribution in [0.1, 0.15) is 0 Å². The Hall–Kier alpha value is -8.40. The third-order valence-corrected chi connectivity index (χ3v) is 12.5. The van der Waals surface area contributed by atoms with E-state index in [4.69, 9.17) is 0 Å². The maximum atomic E-state index is 2.43. The van der Waals surface area contributed by atoms with Gasteiger partial charge in [-0.2, -0.15) is 0 Å². The normalized spacial score (nSPS) is 11.5. The average molecular weight is 804 g/mol. The van der Waals surface area contributed by atoms with Crippen molar-refractivity contribution in [2.75, 3.05) is 4.90 Å². The van der Waals surface area contributed by atoms with Crippen molar-refractivity contribution in [2.24, 2.45) is 0 Å². The maximum absolute atomic E-state index is 2.43. The summed E-state index contributed by atoms with van der Waals surface area (Å²) in [5.41, 5.74) is 17.4. The quantitative estimate of drug-likeness (QED) is 0.149. The van der Waals surface area contributed by atoms with Crippen LogP contribution in [0.25, 0.3) is 88.4 Å². The lowest BCUT2D eigenvalue weighted by Crippen LogP contribution is -2.10. The smallest absolute Gasteiger partial charge is 0.0562 e. The summed E-state index contributed by atoms with van der Waals surface area (Å²) >= 11 is 0. The number of fused-ring (bicyclic) bond motifs is 6. The van der Waals surface area contributed by atoms with Crippen LogP contribution in [0.15, 0.2) is 249 Å². The first kappa shape index (κ1) is 36.5. The molecule has 0 saturated heterocycles. The molecular formula is C60H41N3. The molecule has 0 aliphatic heterocycles. The van der Waals surface area contributed by atoms with Crippen molar-refractivity contribution >= 4 is 60.7 Å². The molecule has 12 aromatic rings. The minimum absolute atomic E-state index is 1.08. The fraction of sp³-hybridized carbons (Fsp3) is 0. The number of para-hydroxylation sites is 2. The average Bonchev–Trinajstić information content (AvgIpc) is 3.87. The number of benzene rings is 10. The van der Waals surface area contributed by atoms with Crippen LogP contribution in [-0.4, -0.2) is 9.13 Å². The van der Waals surface area contributed by atoms with Gasteiger partial charge in [0.05, 0.1) is 22.1 Å². The highest BCUT2D eigenvalue weighted by Crippen LogP contribution is 2.44. The predicted octanol–water partition coefficient (Wildman–Crippen LogP) is 16.4. The van der Waals surface area contributed by atoms with Crippen molar-refractivity contribution in [3.05, 3.63) is 249 Å². The summed E-state index contributed by atoms with van der Waals surface area (Å²) in [6.07, 6.45) is 0. The SMILES string of the molecule is c1ccc(-c2ccc(N(c3ccc4c(c3)c3ccc(-c5ccccc5)cc3n4-c3ccccc3)c3ccc4c5c(-c6ccccc6)cccc5n(-c5ccccc5)c4c3)cc2)cc1. The number of hydrogen-bond acceptors (Lipinski definition) is 1. The standard InChI is InChI=1S/C60H41N3/c1-6-17-42(18-7-1)44-29-32-49(33-30-44)61(50-35-38-56-55(40-50)53-36-31-46(43-19-8-2-9-20-43)39-58(53)62(56)47-23-12-4-13-24-47)51-34-37-54-59(41-51)63(48-25-14-5-15-26-48)57-28-16-27-52(60(54)57)45-21-10-3-11-22-45/h1-41H. The Morgan fingerprint density at radius 2 is 0.730 bits per heavy atom. The van der Waals surface area contributed by atoms with E-state index in [2.05, 4.69) is 263 Å². The third kappa shape index (κ3) is 6.29. The molecule has 0 atom stereocenters. The molecule has 0 radical (unpaired) electrons. The zero-order valence-electron chi connectivity index (χ0n) is 34.5. The van der Waals surface area contributed by atoms with Crippen LogP contribution in [0.2, 0.25) is 0 Å². The molecule has 0 aliphatic carbocycles. The van der Waals surface area contributed by atoms with E-state index in [1.807, 2.05) is 0 Å². The topological polar surface area (TPSA) is 13.1 Å². The first-order chi connectivity index (χ1) is 31.3. The number of hydrogen-bond donors (Lipinski definition) is 0. The second-order valence-electron chi connectivity index (χ2n) is 16.2. The van der Waals surface area contributed by atoms with Crippen LogP contribution in [0, 0.1) is 0 Å². The summed E-state index contributed by atoms with van der Waals surface area (Å²) in [4.78, 5) is 2.42. The van der Waals surface area contributed by atoms with Gasteiger partial charge in [-0.25, -0.2) is 0 Å². The van der Waals surface area contributed by atoms with E-state index in [1.54, 1.807) is 0 Å². The van der Waals surface area contributed by atoms with Crippen molar-refractivity contribution < 1.29 is 0 Å². The Bertz CT molecular complexity index is 3570. The molecule has 0 spiro atoms. The Labute approximate surface area is 366 Å². The largest absolute Gasteiger partial charge is 0.310 e. The molecule has 3 nitrogen and oxygen atoms in total. The summed E-state index contributed by atoms with van der Waals surface area (Å²) in [5.74, 6) is 0. The van der Waals surface area contributed by atoms with Gasteiger partial charge in [-0.05, 0) is 112 Å². The molecule has 0 amide bonds. The first-order valence-electron chi connectivity index (χ1n) is 21.6. The van der Waals surface area contributed by atoms with Gasteiger partial charge >= 0.3 is 0 Å². The first-order valence-corrected chi connectivity index (χ1v) is 21.6. The Morgan fingerprint density at radius 3 is 1.38 bits per heavy atom. The molecule has 0 N–H and O–H groups in total. The van der Waals surface area contributed by atoms with Crippen molar-refractivity contribution in [1.29, 1.82) is 0 Å². The van der Waals surface area contributed by atoms with Gasteiger partial charge in [0.2, 0.25) is 0 Å². The zero-order valence-corrected chi connectivity index (χ0v) is 34.5. The number of aromatic nitrogens is 2. The van der Waals surface area contributed by atoms with Crippen LogP contribution in [0.3, 0.4) is 0 Å². The minimum atomic E-state index is 1.08. The van der Waals surface area contributed by atoms with Crippen molar-refractivity contribution in [1.82, 2.24) is 9.13 Å².